The van der Waals surface area contributed by atoms with Gasteiger partial charge in [0.25, 0.3) is 0 Å². The molecular weight excluding hydrogens is 228 g/mol. The molecule has 4 heteroatoms. The Morgan fingerprint density at radius 1 is 1.56 bits per heavy atom. The van der Waals surface area contributed by atoms with Gasteiger partial charge in [-0.05, 0) is 18.6 Å². The van der Waals surface area contributed by atoms with Crippen molar-refractivity contribution in [1.29, 1.82) is 0 Å². The van der Waals surface area contributed by atoms with E-state index in [2.05, 4.69) is 0 Å². The quantitative estimate of drug-likeness (QED) is 0.827. The monoisotopic (exact) mass is 240 g/mol. The lowest BCUT2D eigenvalue weighted by atomic mass is 10.1. The molecule has 0 unspecified atom stereocenters. The fourth-order valence-corrected chi connectivity index (χ4v) is 1.44. The molecule has 3 nitrogen and oxygen atoms in total. The summed E-state index contributed by atoms with van der Waals surface area (Å²) in [6.07, 6.45) is 0. The van der Waals surface area contributed by atoms with Crippen molar-refractivity contribution in [3.05, 3.63) is 34.9 Å². The SMILES string of the molecule is CC(=O)OC/C(=C/Cl)c1ccc(C)cc1O. The zero-order valence-corrected chi connectivity index (χ0v) is 9.91. The van der Waals surface area contributed by atoms with Gasteiger partial charge < -0.3 is 9.84 Å². The van der Waals surface area contributed by atoms with Crippen molar-refractivity contribution in [2.45, 2.75) is 13.8 Å². The van der Waals surface area contributed by atoms with E-state index in [0.717, 1.165) is 5.56 Å². The van der Waals surface area contributed by atoms with Crippen LogP contribution in [-0.2, 0) is 9.53 Å². The van der Waals surface area contributed by atoms with Crippen molar-refractivity contribution in [3.8, 4) is 5.75 Å². The van der Waals surface area contributed by atoms with E-state index in [9.17, 15) is 9.90 Å². The number of esters is 1. The highest BCUT2D eigenvalue weighted by atomic mass is 35.5. The van der Waals surface area contributed by atoms with E-state index < -0.39 is 0 Å². The number of ether oxygens (including phenoxy) is 1. The largest absolute Gasteiger partial charge is 0.507 e. The second-order valence-corrected chi connectivity index (χ2v) is 3.65. The third kappa shape index (κ3) is 3.28. The maximum Gasteiger partial charge on any atom is 0.302 e. The van der Waals surface area contributed by atoms with Gasteiger partial charge in [-0.25, -0.2) is 0 Å². The van der Waals surface area contributed by atoms with Crippen LogP contribution < -0.4 is 0 Å². The summed E-state index contributed by atoms with van der Waals surface area (Å²) in [5.41, 5.74) is 3.38. The normalized spacial score (nSPS) is 11.3. The molecule has 0 radical (unpaired) electrons. The molecule has 1 N–H and O–H groups in total. The highest BCUT2D eigenvalue weighted by Gasteiger charge is 2.08. The van der Waals surface area contributed by atoms with Crippen molar-refractivity contribution in [1.82, 2.24) is 0 Å². The van der Waals surface area contributed by atoms with Gasteiger partial charge in [-0.3, -0.25) is 4.79 Å². The van der Waals surface area contributed by atoms with Crippen molar-refractivity contribution >= 4 is 23.1 Å². The first-order valence-corrected chi connectivity index (χ1v) is 5.21. The number of halogens is 1. The minimum absolute atomic E-state index is 0.0510. The lowest BCUT2D eigenvalue weighted by Crippen LogP contribution is -2.02. The van der Waals surface area contributed by atoms with Gasteiger partial charge in [0.15, 0.2) is 0 Å². The standard InChI is InChI=1S/C12H13ClO3/c1-8-3-4-11(12(15)5-8)10(6-13)7-16-9(2)14/h3-6,15H,7H2,1-2H3/b10-6-. The third-order valence-corrected chi connectivity index (χ3v) is 2.33. The van der Waals surface area contributed by atoms with E-state index in [4.69, 9.17) is 16.3 Å². The van der Waals surface area contributed by atoms with Crippen LogP contribution in [0, 0.1) is 6.92 Å². The minimum atomic E-state index is -0.386. The average Bonchev–Trinajstić information content (AvgIpc) is 2.21. The van der Waals surface area contributed by atoms with Crippen molar-refractivity contribution in [3.63, 3.8) is 0 Å². The van der Waals surface area contributed by atoms with Crippen molar-refractivity contribution in [2.75, 3.05) is 6.61 Å². The Morgan fingerprint density at radius 2 is 2.25 bits per heavy atom. The van der Waals surface area contributed by atoms with E-state index >= 15 is 0 Å². The molecule has 86 valence electrons. The zero-order chi connectivity index (χ0) is 12.1. The molecule has 0 bridgehead atoms. The molecule has 0 aromatic heterocycles. The molecule has 0 saturated carbocycles. The van der Waals surface area contributed by atoms with Gasteiger partial charge >= 0.3 is 5.97 Å². The summed E-state index contributed by atoms with van der Waals surface area (Å²) >= 11 is 5.63. The molecule has 0 atom stereocenters. The van der Waals surface area contributed by atoms with E-state index in [-0.39, 0.29) is 18.3 Å². The summed E-state index contributed by atoms with van der Waals surface area (Å²) < 4.78 is 4.83. The number of rotatable bonds is 3. The Labute approximate surface area is 99.3 Å². The molecule has 0 amide bonds. The van der Waals surface area contributed by atoms with Crippen LogP contribution >= 0.6 is 11.6 Å². The van der Waals surface area contributed by atoms with Gasteiger partial charge in [0.05, 0.1) is 0 Å². The highest BCUT2D eigenvalue weighted by Crippen LogP contribution is 2.26. The molecular formula is C12H13ClO3. The van der Waals surface area contributed by atoms with Crippen LogP contribution in [0.1, 0.15) is 18.1 Å². The summed E-state index contributed by atoms with van der Waals surface area (Å²) in [7, 11) is 0. The average molecular weight is 241 g/mol. The predicted molar refractivity (Wildman–Crippen MR) is 63.3 cm³/mol. The van der Waals surface area contributed by atoms with Crippen molar-refractivity contribution < 1.29 is 14.6 Å². The number of benzene rings is 1. The van der Waals surface area contributed by atoms with Crippen LogP contribution in [-0.4, -0.2) is 17.7 Å². The Kier molecular flexibility index (Phi) is 4.38. The number of carbonyl (C=O) groups is 1. The second-order valence-electron chi connectivity index (χ2n) is 3.44. The third-order valence-electron chi connectivity index (χ3n) is 2.06. The Bertz CT molecular complexity index is 424. The van der Waals surface area contributed by atoms with E-state index in [1.165, 1.54) is 12.5 Å². The summed E-state index contributed by atoms with van der Waals surface area (Å²) in [5, 5.41) is 9.72. The van der Waals surface area contributed by atoms with Crippen LogP contribution in [0.25, 0.3) is 5.57 Å². The lowest BCUT2D eigenvalue weighted by molar-refractivity contribution is -0.139. The molecule has 1 aromatic carbocycles. The molecule has 0 heterocycles. The number of hydrogen-bond acceptors (Lipinski definition) is 3. The maximum absolute atomic E-state index is 10.7. The Hall–Kier alpha value is -1.48. The van der Waals surface area contributed by atoms with Crippen LogP contribution in [0.2, 0.25) is 0 Å². The number of carbonyl (C=O) groups excluding carboxylic acids is 1. The fraction of sp³-hybridized carbons (Fsp3) is 0.250. The number of phenols is 1. The maximum atomic E-state index is 10.7. The first kappa shape index (κ1) is 12.6. The van der Waals surface area contributed by atoms with Crippen LogP contribution in [0.15, 0.2) is 23.7 Å². The van der Waals surface area contributed by atoms with Gasteiger partial charge in [0.2, 0.25) is 0 Å². The number of aromatic hydroxyl groups is 1. The van der Waals surface area contributed by atoms with Crippen LogP contribution in [0.5, 0.6) is 5.75 Å². The lowest BCUT2D eigenvalue weighted by Gasteiger charge is -2.09. The summed E-state index contributed by atoms with van der Waals surface area (Å²) in [5.74, 6) is -0.262. The highest BCUT2D eigenvalue weighted by molar-refractivity contribution is 6.28. The molecule has 0 fully saturated rings. The van der Waals surface area contributed by atoms with Gasteiger partial charge in [-0.2, -0.15) is 0 Å². The molecule has 0 aliphatic carbocycles. The second kappa shape index (κ2) is 5.56. The molecule has 0 aliphatic rings. The van der Waals surface area contributed by atoms with Gasteiger partial charge in [-0.1, -0.05) is 23.7 Å². The Balaban J connectivity index is 2.92. The molecule has 0 spiro atoms. The summed E-state index contributed by atoms with van der Waals surface area (Å²) in [4.78, 5) is 10.7. The number of phenolic OH excluding ortho intramolecular Hbond substituents is 1. The summed E-state index contributed by atoms with van der Waals surface area (Å²) in [6, 6.07) is 5.22. The zero-order valence-electron chi connectivity index (χ0n) is 9.16. The van der Waals surface area contributed by atoms with Crippen molar-refractivity contribution in [2.24, 2.45) is 0 Å². The number of aryl methyl sites for hydroxylation is 1. The smallest absolute Gasteiger partial charge is 0.302 e. The van der Waals surface area contributed by atoms with E-state index in [0.29, 0.717) is 11.1 Å². The number of hydrogen-bond donors (Lipinski definition) is 1. The van der Waals surface area contributed by atoms with E-state index in [1.54, 1.807) is 12.1 Å². The fourth-order valence-electron chi connectivity index (χ4n) is 1.26. The topological polar surface area (TPSA) is 46.5 Å². The van der Waals surface area contributed by atoms with Crippen LogP contribution in [0.4, 0.5) is 0 Å². The first-order chi connectivity index (χ1) is 7.54. The van der Waals surface area contributed by atoms with Crippen LogP contribution in [0.3, 0.4) is 0 Å². The molecule has 1 aromatic rings. The van der Waals surface area contributed by atoms with Gasteiger partial charge in [0.1, 0.15) is 12.4 Å². The molecule has 16 heavy (non-hydrogen) atoms. The predicted octanol–water partition coefficient (Wildman–Crippen LogP) is 2.84. The van der Waals surface area contributed by atoms with Gasteiger partial charge in [0, 0.05) is 23.6 Å². The Morgan fingerprint density at radius 3 is 2.75 bits per heavy atom. The molecule has 1 rings (SSSR count). The van der Waals surface area contributed by atoms with E-state index in [1.807, 2.05) is 13.0 Å². The van der Waals surface area contributed by atoms with Gasteiger partial charge in [-0.15, -0.1) is 0 Å². The molecule has 0 saturated heterocycles. The molecule has 0 aliphatic heterocycles. The summed E-state index contributed by atoms with van der Waals surface area (Å²) in [6.45, 7) is 3.25. The first-order valence-electron chi connectivity index (χ1n) is 4.77. The minimum Gasteiger partial charge on any atom is -0.507 e.